The summed E-state index contributed by atoms with van der Waals surface area (Å²) in [5, 5.41) is 0.804. The number of rotatable bonds is 3. The highest BCUT2D eigenvalue weighted by Crippen LogP contribution is 2.20. The van der Waals surface area contributed by atoms with E-state index in [0.717, 1.165) is 44.4 Å². The Balaban J connectivity index is 1.54. The zero-order valence-electron chi connectivity index (χ0n) is 9.81. The van der Waals surface area contributed by atoms with Crippen molar-refractivity contribution in [3.8, 4) is 0 Å². The molecule has 3 rings (SSSR count). The summed E-state index contributed by atoms with van der Waals surface area (Å²) in [7, 11) is 0. The van der Waals surface area contributed by atoms with E-state index in [1.165, 1.54) is 5.69 Å². The van der Waals surface area contributed by atoms with Crippen LogP contribution in [0.1, 0.15) is 0 Å². The molecule has 0 saturated carbocycles. The topological polar surface area (TPSA) is 19.0 Å². The minimum absolute atomic E-state index is 0.511. The monoisotopic (exact) mass is 252 g/mol. The predicted octanol–water partition coefficient (Wildman–Crippen LogP) is 1.86. The third-order valence-corrected chi connectivity index (χ3v) is 3.68. The number of epoxide rings is 1. The van der Waals surface area contributed by atoms with Gasteiger partial charge in [0.1, 0.15) is 0 Å². The minimum Gasteiger partial charge on any atom is -0.372 e. The van der Waals surface area contributed by atoms with Gasteiger partial charge in [0, 0.05) is 43.4 Å². The van der Waals surface area contributed by atoms with Gasteiger partial charge in [-0.25, -0.2) is 0 Å². The molecule has 2 fully saturated rings. The molecule has 0 radical (unpaired) electrons. The van der Waals surface area contributed by atoms with Gasteiger partial charge in [-0.15, -0.1) is 0 Å². The summed E-state index contributed by atoms with van der Waals surface area (Å²) in [4.78, 5) is 4.91. The Kier molecular flexibility index (Phi) is 3.23. The van der Waals surface area contributed by atoms with Gasteiger partial charge >= 0.3 is 0 Å². The number of piperazine rings is 1. The SMILES string of the molecule is Clc1ccc(N2CCN(CC3CO3)CC2)cc1. The summed E-state index contributed by atoms with van der Waals surface area (Å²) in [6, 6.07) is 8.12. The molecule has 1 unspecified atom stereocenters. The minimum atomic E-state index is 0.511. The molecular formula is C13H17ClN2O. The molecule has 2 aliphatic heterocycles. The molecule has 0 aliphatic carbocycles. The lowest BCUT2D eigenvalue weighted by Crippen LogP contribution is -2.47. The zero-order chi connectivity index (χ0) is 11.7. The van der Waals surface area contributed by atoms with Crippen LogP contribution in [-0.2, 0) is 4.74 Å². The van der Waals surface area contributed by atoms with Crippen molar-refractivity contribution >= 4 is 17.3 Å². The molecular weight excluding hydrogens is 236 g/mol. The fraction of sp³-hybridized carbons (Fsp3) is 0.538. The van der Waals surface area contributed by atoms with Crippen molar-refractivity contribution in [1.82, 2.24) is 4.90 Å². The van der Waals surface area contributed by atoms with E-state index in [2.05, 4.69) is 21.9 Å². The summed E-state index contributed by atoms with van der Waals surface area (Å²) in [5.74, 6) is 0. The van der Waals surface area contributed by atoms with Gasteiger partial charge in [-0.3, -0.25) is 4.90 Å². The third-order valence-electron chi connectivity index (χ3n) is 3.43. The van der Waals surface area contributed by atoms with Crippen LogP contribution < -0.4 is 4.90 Å². The van der Waals surface area contributed by atoms with Gasteiger partial charge in [-0.2, -0.15) is 0 Å². The smallest absolute Gasteiger partial charge is 0.0936 e. The van der Waals surface area contributed by atoms with E-state index in [9.17, 15) is 0 Å². The highest BCUT2D eigenvalue weighted by Gasteiger charge is 2.27. The van der Waals surface area contributed by atoms with Crippen molar-refractivity contribution in [3.63, 3.8) is 0 Å². The maximum Gasteiger partial charge on any atom is 0.0936 e. The Bertz CT molecular complexity index is 370. The standard InChI is InChI=1S/C13H17ClN2O/c14-11-1-3-12(4-2-11)16-7-5-15(6-8-16)9-13-10-17-13/h1-4,13H,5-10H2. The Hall–Kier alpha value is -0.770. The van der Waals surface area contributed by atoms with Crippen LogP contribution in [-0.4, -0.2) is 50.3 Å². The predicted molar refractivity (Wildman–Crippen MR) is 69.8 cm³/mol. The van der Waals surface area contributed by atoms with Crippen LogP contribution in [0, 0.1) is 0 Å². The highest BCUT2D eigenvalue weighted by molar-refractivity contribution is 6.30. The first-order chi connectivity index (χ1) is 8.31. The second-order valence-corrected chi connectivity index (χ2v) is 5.16. The van der Waals surface area contributed by atoms with Gasteiger partial charge in [-0.05, 0) is 24.3 Å². The quantitative estimate of drug-likeness (QED) is 0.766. The van der Waals surface area contributed by atoms with Crippen molar-refractivity contribution in [3.05, 3.63) is 29.3 Å². The molecule has 0 amide bonds. The van der Waals surface area contributed by atoms with Gasteiger partial charge in [0.05, 0.1) is 12.7 Å². The van der Waals surface area contributed by atoms with Gasteiger partial charge in [0.2, 0.25) is 0 Å². The lowest BCUT2D eigenvalue weighted by molar-refractivity contribution is 0.230. The molecule has 2 heterocycles. The second kappa shape index (κ2) is 4.84. The summed E-state index contributed by atoms with van der Waals surface area (Å²) >= 11 is 5.90. The van der Waals surface area contributed by atoms with Crippen molar-refractivity contribution in [2.24, 2.45) is 0 Å². The summed E-state index contributed by atoms with van der Waals surface area (Å²) < 4.78 is 5.27. The van der Waals surface area contributed by atoms with Crippen LogP contribution >= 0.6 is 11.6 Å². The highest BCUT2D eigenvalue weighted by atomic mass is 35.5. The molecule has 3 nitrogen and oxygen atoms in total. The molecule has 2 aliphatic rings. The zero-order valence-corrected chi connectivity index (χ0v) is 10.6. The number of ether oxygens (including phenoxy) is 1. The Morgan fingerprint density at radius 3 is 2.35 bits per heavy atom. The van der Waals surface area contributed by atoms with E-state index in [4.69, 9.17) is 16.3 Å². The lowest BCUT2D eigenvalue weighted by Gasteiger charge is -2.35. The maximum absolute atomic E-state index is 5.90. The van der Waals surface area contributed by atoms with Crippen LogP contribution in [0.2, 0.25) is 5.02 Å². The van der Waals surface area contributed by atoms with Gasteiger partial charge in [-0.1, -0.05) is 11.6 Å². The van der Waals surface area contributed by atoms with Gasteiger partial charge in [0.15, 0.2) is 0 Å². The fourth-order valence-electron chi connectivity index (χ4n) is 2.30. The molecule has 2 saturated heterocycles. The first kappa shape index (κ1) is 11.3. The number of benzene rings is 1. The van der Waals surface area contributed by atoms with E-state index >= 15 is 0 Å². The average molecular weight is 253 g/mol. The van der Waals surface area contributed by atoms with E-state index < -0.39 is 0 Å². The van der Waals surface area contributed by atoms with Crippen molar-refractivity contribution in [2.45, 2.75) is 6.10 Å². The lowest BCUT2D eigenvalue weighted by atomic mass is 10.2. The number of nitrogens with zero attached hydrogens (tertiary/aromatic N) is 2. The molecule has 1 aromatic rings. The molecule has 0 aromatic heterocycles. The number of anilines is 1. The average Bonchev–Trinajstić information content (AvgIpc) is 3.15. The molecule has 17 heavy (non-hydrogen) atoms. The Labute approximate surface area is 107 Å². The van der Waals surface area contributed by atoms with E-state index in [0.29, 0.717) is 6.10 Å². The Morgan fingerprint density at radius 2 is 1.76 bits per heavy atom. The molecule has 92 valence electrons. The second-order valence-electron chi connectivity index (χ2n) is 4.72. The molecule has 1 atom stereocenters. The fourth-order valence-corrected chi connectivity index (χ4v) is 2.43. The molecule has 0 spiro atoms. The van der Waals surface area contributed by atoms with Crippen LogP contribution in [0.3, 0.4) is 0 Å². The van der Waals surface area contributed by atoms with Crippen LogP contribution in [0.15, 0.2) is 24.3 Å². The normalized spacial score (nSPS) is 25.0. The van der Waals surface area contributed by atoms with Crippen molar-refractivity contribution in [2.75, 3.05) is 44.2 Å². The van der Waals surface area contributed by atoms with Crippen molar-refractivity contribution in [1.29, 1.82) is 0 Å². The number of hydrogen-bond acceptors (Lipinski definition) is 3. The van der Waals surface area contributed by atoms with E-state index in [1.807, 2.05) is 12.1 Å². The summed E-state index contributed by atoms with van der Waals surface area (Å²) in [6.07, 6.45) is 0.511. The number of hydrogen-bond donors (Lipinski definition) is 0. The molecule has 1 aromatic carbocycles. The van der Waals surface area contributed by atoms with Crippen LogP contribution in [0.5, 0.6) is 0 Å². The number of halogens is 1. The van der Waals surface area contributed by atoms with Crippen LogP contribution in [0.4, 0.5) is 5.69 Å². The first-order valence-electron chi connectivity index (χ1n) is 6.16. The molecule has 4 heteroatoms. The first-order valence-corrected chi connectivity index (χ1v) is 6.53. The Morgan fingerprint density at radius 1 is 1.12 bits per heavy atom. The van der Waals surface area contributed by atoms with E-state index in [1.54, 1.807) is 0 Å². The van der Waals surface area contributed by atoms with E-state index in [-0.39, 0.29) is 0 Å². The maximum atomic E-state index is 5.90. The van der Waals surface area contributed by atoms with Crippen LogP contribution in [0.25, 0.3) is 0 Å². The summed E-state index contributed by atoms with van der Waals surface area (Å²) in [5.41, 5.74) is 1.27. The summed E-state index contributed by atoms with van der Waals surface area (Å²) in [6.45, 7) is 6.50. The molecule has 0 bridgehead atoms. The van der Waals surface area contributed by atoms with Gasteiger partial charge < -0.3 is 9.64 Å². The molecule has 0 N–H and O–H groups in total. The van der Waals surface area contributed by atoms with Crippen molar-refractivity contribution < 1.29 is 4.74 Å². The largest absolute Gasteiger partial charge is 0.372 e. The third kappa shape index (κ3) is 2.92. The van der Waals surface area contributed by atoms with Gasteiger partial charge in [0.25, 0.3) is 0 Å².